The van der Waals surface area contributed by atoms with Crippen LogP contribution < -0.4 is 14.8 Å². The molecule has 5 heteroatoms. The molecule has 0 atom stereocenters. The Morgan fingerprint density at radius 3 is 2.70 bits per heavy atom. The summed E-state index contributed by atoms with van der Waals surface area (Å²) in [6.45, 7) is 4.12. The molecule has 1 aromatic heterocycles. The normalized spacial score (nSPS) is 10.6. The topological polar surface area (TPSA) is 48.3 Å². The highest BCUT2D eigenvalue weighted by Gasteiger charge is 2.05. The number of methoxy groups -OCH3 is 1. The molecule has 0 unspecified atom stereocenters. The van der Waals surface area contributed by atoms with Crippen LogP contribution in [-0.2, 0) is 13.1 Å². The molecule has 0 aliphatic rings. The van der Waals surface area contributed by atoms with Gasteiger partial charge in [-0.1, -0.05) is 12.1 Å². The molecule has 0 amide bonds. The summed E-state index contributed by atoms with van der Waals surface area (Å²) in [6.07, 6.45) is 2.05. The standard InChI is InChI=1S/C15H21N3O2/c1-12-13(10-16-2)11-18(17-12)8-9-20-15-7-5-4-6-14(15)19-3/h4-7,11,16H,8-10H2,1-3H3. The summed E-state index contributed by atoms with van der Waals surface area (Å²) >= 11 is 0. The van der Waals surface area contributed by atoms with Gasteiger partial charge in [0.15, 0.2) is 11.5 Å². The van der Waals surface area contributed by atoms with E-state index in [1.54, 1.807) is 7.11 Å². The third-order valence-electron chi connectivity index (χ3n) is 3.06. The lowest BCUT2D eigenvalue weighted by atomic mass is 10.3. The Morgan fingerprint density at radius 1 is 1.25 bits per heavy atom. The van der Waals surface area contributed by atoms with Crippen molar-refractivity contribution in [2.45, 2.75) is 20.0 Å². The Kier molecular flexibility index (Phi) is 5.01. The summed E-state index contributed by atoms with van der Waals surface area (Å²) < 4.78 is 12.9. The lowest BCUT2D eigenvalue weighted by molar-refractivity contribution is 0.274. The number of nitrogens with one attached hydrogen (secondary N) is 1. The molecule has 2 rings (SSSR count). The molecule has 0 fully saturated rings. The predicted octanol–water partition coefficient (Wildman–Crippen LogP) is 2.00. The highest BCUT2D eigenvalue weighted by molar-refractivity contribution is 5.39. The van der Waals surface area contributed by atoms with Gasteiger partial charge in [0.05, 0.1) is 19.3 Å². The van der Waals surface area contributed by atoms with Gasteiger partial charge >= 0.3 is 0 Å². The summed E-state index contributed by atoms with van der Waals surface area (Å²) in [5, 5.41) is 7.60. The first-order chi connectivity index (χ1) is 9.74. The van der Waals surface area contributed by atoms with Gasteiger partial charge in [0, 0.05) is 18.3 Å². The molecule has 108 valence electrons. The number of rotatable bonds is 7. The number of hydrogen-bond donors (Lipinski definition) is 1. The molecule has 1 heterocycles. The monoisotopic (exact) mass is 275 g/mol. The summed E-state index contributed by atoms with van der Waals surface area (Å²) in [5.41, 5.74) is 2.27. The average molecular weight is 275 g/mol. The second kappa shape index (κ2) is 6.96. The first-order valence-electron chi connectivity index (χ1n) is 6.68. The molecule has 0 radical (unpaired) electrons. The Bertz CT molecular complexity index is 552. The van der Waals surface area contributed by atoms with Crippen molar-refractivity contribution in [3.8, 4) is 11.5 Å². The van der Waals surface area contributed by atoms with Crippen molar-refractivity contribution in [3.05, 3.63) is 41.7 Å². The fourth-order valence-corrected chi connectivity index (χ4v) is 2.02. The first-order valence-corrected chi connectivity index (χ1v) is 6.68. The van der Waals surface area contributed by atoms with E-state index in [4.69, 9.17) is 9.47 Å². The largest absolute Gasteiger partial charge is 0.493 e. The van der Waals surface area contributed by atoms with Crippen LogP contribution in [0.3, 0.4) is 0 Å². The number of aromatic nitrogens is 2. The van der Waals surface area contributed by atoms with Crippen LogP contribution >= 0.6 is 0 Å². The lowest BCUT2D eigenvalue weighted by Gasteiger charge is -2.10. The summed E-state index contributed by atoms with van der Waals surface area (Å²) in [5.74, 6) is 1.51. The fourth-order valence-electron chi connectivity index (χ4n) is 2.02. The third kappa shape index (κ3) is 3.51. The molecular formula is C15H21N3O2. The second-order valence-electron chi connectivity index (χ2n) is 4.53. The van der Waals surface area contributed by atoms with Crippen LogP contribution in [0.2, 0.25) is 0 Å². The molecule has 5 nitrogen and oxygen atoms in total. The van der Waals surface area contributed by atoms with Crippen LogP contribution in [0, 0.1) is 6.92 Å². The van der Waals surface area contributed by atoms with Gasteiger partial charge in [-0.3, -0.25) is 4.68 Å². The maximum absolute atomic E-state index is 5.74. The number of aryl methyl sites for hydroxylation is 1. The molecule has 0 saturated carbocycles. The minimum absolute atomic E-state index is 0.556. The maximum atomic E-state index is 5.74. The van der Waals surface area contributed by atoms with Crippen LogP contribution in [0.25, 0.3) is 0 Å². The Balaban J connectivity index is 1.91. The summed E-state index contributed by atoms with van der Waals surface area (Å²) in [4.78, 5) is 0. The van der Waals surface area contributed by atoms with E-state index in [1.165, 1.54) is 5.56 Å². The van der Waals surface area contributed by atoms with Gasteiger partial charge < -0.3 is 14.8 Å². The van der Waals surface area contributed by atoms with Gasteiger partial charge in [-0.05, 0) is 26.1 Å². The highest BCUT2D eigenvalue weighted by Crippen LogP contribution is 2.25. The van der Waals surface area contributed by atoms with Crippen molar-refractivity contribution in [1.82, 2.24) is 15.1 Å². The molecule has 1 aromatic carbocycles. The third-order valence-corrected chi connectivity index (χ3v) is 3.06. The number of hydrogen-bond acceptors (Lipinski definition) is 4. The molecule has 0 saturated heterocycles. The maximum Gasteiger partial charge on any atom is 0.161 e. The van der Waals surface area contributed by atoms with Crippen LogP contribution in [0.4, 0.5) is 0 Å². The van der Waals surface area contributed by atoms with E-state index in [-0.39, 0.29) is 0 Å². The first kappa shape index (κ1) is 14.4. The zero-order chi connectivity index (χ0) is 14.4. The molecule has 0 aliphatic heterocycles. The molecular weight excluding hydrogens is 254 g/mol. The predicted molar refractivity (Wildman–Crippen MR) is 78.2 cm³/mol. The molecule has 0 spiro atoms. The van der Waals surface area contributed by atoms with Gasteiger partial charge in [-0.2, -0.15) is 5.10 Å². The Morgan fingerprint density at radius 2 is 2.00 bits per heavy atom. The lowest BCUT2D eigenvalue weighted by Crippen LogP contribution is -2.09. The molecule has 0 bridgehead atoms. The van der Waals surface area contributed by atoms with Crippen molar-refractivity contribution in [3.63, 3.8) is 0 Å². The van der Waals surface area contributed by atoms with E-state index >= 15 is 0 Å². The smallest absolute Gasteiger partial charge is 0.161 e. The molecule has 2 aromatic rings. The van der Waals surface area contributed by atoms with Crippen molar-refractivity contribution >= 4 is 0 Å². The SMILES string of the molecule is CNCc1cn(CCOc2ccccc2OC)nc1C. The van der Waals surface area contributed by atoms with E-state index in [0.29, 0.717) is 13.2 Å². The quantitative estimate of drug-likeness (QED) is 0.839. The van der Waals surface area contributed by atoms with Crippen molar-refractivity contribution in [1.29, 1.82) is 0 Å². The van der Waals surface area contributed by atoms with Crippen molar-refractivity contribution in [2.24, 2.45) is 0 Å². The van der Waals surface area contributed by atoms with Gasteiger partial charge in [0.1, 0.15) is 6.61 Å². The van der Waals surface area contributed by atoms with E-state index in [9.17, 15) is 0 Å². The zero-order valence-corrected chi connectivity index (χ0v) is 12.2. The van der Waals surface area contributed by atoms with Gasteiger partial charge in [-0.15, -0.1) is 0 Å². The molecule has 20 heavy (non-hydrogen) atoms. The van der Waals surface area contributed by atoms with E-state index in [2.05, 4.69) is 16.6 Å². The minimum Gasteiger partial charge on any atom is -0.493 e. The van der Waals surface area contributed by atoms with Crippen LogP contribution in [0.15, 0.2) is 30.5 Å². The van der Waals surface area contributed by atoms with E-state index in [0.717, 1.165) is 23.7 Å². The molecule has 0 aliphatic carbocycles. The summed E-state index contributed by atoms with van der Waals surface area (Å²) in [7, 11) is 3.57. The Labute approximate surface area is 119 Å². The van der Waals surface area contributed by atoms with Crippen molar-refractivity contribution < 1.29 is 9.47 Å². The summed E-state index contributed by atoms with van der Waals surface area (Å²) in [6, 6.07) is 7.64. The van der Waals surface area contributed by atoms with Gasteiger partial charge in [0.2, 0.25) is 0 Å². The van der Waals surface area contributed by atoms with Crippen molar-refractivity contribution in [2.75, 3.05) is 20.8 Å². The minimum atomic E-state index is 0.556. The van der Waals surface area contributed by atoms with E-state index in [1.807, 2.05) is 42.9 Å². The van der Waals surface area contributed by atoms with Crippen LogP contribution in [0.1, 0.15) is 11.3 Å². The van der Waals surface area contributed by atoms with Gasteiger partial charge in [-0.25, -0.2) is 0 Å². The zero-order valence-electron chi connectivity index (χ0n) is 12.2. The number of nitrogens with zero attached hydrogens (tertiary/aromatic N) is 2. The second-order valence-corrected chi connectivity index (χ2v) is 4.53. The Hall–Kier alpha value is -2.01. The number of para-hydroxylation sites is 2. The number of ether oxygens (including phenoxy) is 2. The van der Waals surface area contributed by atoms with Crippen LogP contribution in [0.5, 0.6) is 11.5 Å². The van der Waals surface area contributed by atoms with Gasteiger partial charge in [0.25, 0.3) is 0 Å². The molecule has 1 N–H and O–H groups in total. The average Bonchev–Trinajstić information content (AvgIpc) is 2.80. The van der Waals surface area contributed by atoms with E-state index < -0.39 is 0 Å². The van der Waals surface area contributed by atoms with Crippen LogP contribution in [-0.4, -0.2) is 30.5 Å². The number of benzene rings is 1. The highest BCUT2D eigenvalue weighted by atomic mass is 16.5. The fraction of sp³-hybridized carbons (Fsp3) is 0.400.